The Morgan fingerprint density at radius 3 is 2.58 bits per heavy atom. The fraction of sp³-hybridized carbons (Fsp3) is 0.630. The van der Waals surface area contributed by atoms with Gasteiger partial charge in [0.05, 0.1) is 17.9 Å². The van der Waals surface area contributed by atoms with Gasteiger partial charge in [0.2, 0.25) is 5.91 Å². The molecule has 0 radical (unpaired) electrons. The molecule has 2 aromatic rings. The number of hydrogen-bond donors (Lipinski definition) is 3. The number of anilines is 1. The van der Waals surface area contributed by atoms with E-state index < -0.39 is 17.7 Å². The Morgan fingerprint density at radius 2 is 1.92 bits per heavy atom. The first-order valence-corrected chi connectivity index (χ1v) is 12.7. The number of amides is 1. The van der Waals surface area contributed by atoms with Crippen LogP contribution in [0.15, 0.2) is 24.7 Å². The quantitative estimate of drug-likeness (QED) is 0.398. The molecule has 1 heterocycles. The summed E-state index contributed by atoms with van der Waals surface area (Å²) in [6.45, 7) is 14.6. The van der Waals surface area contributed by atoms with E-state index in [0.29, 0.717) is 30.6 Å². The maximum atomic E-state index is 14.3. The lowest BCUT2D eigenvalue weighted by Gasteiger charge is -2.30. The minimum absolute atomic E-state index is 0. The minimum Gasteiger partial charge on any atom is -0.328 e. The molecule has 0 spiro atoms. The number of carbonyl (C=O) groups is 1. The van der Waals surface area contributed by atoms with Gasteiger partial charge in [-0.15, -0.1) is 12.4 Å². The minimum atomic E-state index is -0.538. The molecular weight excluding hydrogens is 484 g/mol. The molecule has 0 bridgehead atoms. The molecule has 6 nitrogen and oxygen atoms in total. The van der Waals surface area contributed by atoms with Gasteiger partial charge in [-0.25, -0.2) is 13.8 Å². The largest absolute Gasteiger partial charge is 0.328 e. The van der Waals surface area contributed by atoms with Crippen LogP contribution in [-0.2, 0) is 23.2 Å². The number of aryl methyl sites for hydroxylation is 1. The predicted octanol–water partition coefficient (Wildman–Crippen LogP) is 5.21. The van der Waals surface area contributed by atoms with Crippen LogP contribution in [0.3, 0.4) is 0 Å². The summed E-state index contributed by atoms with van der Waals surface area (Å²) in [4.78, 5) is 17.5. The smallest absolute Gasteiger partial charge is 0.242 e. The van der Waals surface area contributed by atoms with Crippen molar-refractivity contribution in [3.63, 3.8) is 0 Å². The third-order valence-electron chi connectivity index (χ3n) is 6.54. The zero-order chi connectivity index (χ0) is 25.8. The molecule has 3 rings (SSSR count). The average molecular weight is 526 g/mol. The number of nitrogens with one attached hydrogen (secondary N) is 3. The topological polar surface area (TPSA) is 71.0 Å². The fourth-order valence-electron chi connectivity index (χ4n) is 4.56. The normalized spacial score (nSPS) is 16.7. The van der Waals surface area contributed by atoms with Crippen molar-refractivity contribution in [3.8, 4) is 0 Å². The molecule has 36 heavy (non-hydrogen) atoms. The van der Waals surface area contributed by atoms with E-state index in [2.05, 4.69) is 55.6 Å². The van der Waals surface area contributed by atoms with E-state index in [0.717, 1.165) is 37.6 Å². The van der Waals surface area contributed by atoms with Crippen LogP contribution in [0.4, 0.5) is 14.6 Å². The van der Waals surface area contributed by atoms with Crippen LogP contribution in [0.25, 0.3) is 0 Å². The lowest BCUT2D eigenvalue weighted by atomic mass is 9.87. The van der Waals surface area contributed by atoms with E-state index in [1.807, 2.05) is 17.7 Å². The summed E-state index contributed by atoms with van der Waals surface area (Å²) in [5.74, 6) is -0.680. The number of carbonyl (C=O) groups excluding carboxylic acids is 1. The first kappa shape index (κ1) is 30.2. The summed E-state index contributed by atoms with van der Waals surface area (Å²) < 4.78 is 29.9. The Balaban J connectivity index is 0.00000456. The van der Waals surface area contributed by atoms with Gasteiger partial charge in [0.15, 0.2) is 5.82 Å². The molecule has 3 N–H and O–H groups in total. The summed E-state index contributed by atoms with van der Waals surface area (Å²) in [6.07, 6.45) is 6.86. The van der Waals surface area contributed by atoms with Gasteiger partial charge in [-0.05, 0) is 62.1 Å². The van der Waals surface area contributed by atoms with Crippen molar-refractivity contribution in [2.24, 2.45) is 5.41 Å². The Labute approximate surface area is 220 Å². The third kappa shape index (κ3) is 8.25. The second-order valence-electron chi connectivity index (χ2n) is 11.6. The maximum absolute atomic E-state index is 14.3. The molecule has 0 saturated heterocycles. The lowest BCUT2D eigenvalue weighted by Crippen LogP contribution is -2.48. The van der Waals surface area contributed by atoms with Crippen LogP contribution < -0.4 is 16.0 Å². The zero-order valence-electron chi connectivity index (χ0n) is 22.4. The molecule has 2 atom stereocenters. The van der Waals surface area contributed by atoms with Crippen LogP contribution in [0.5, 0.6) is 0 Å². The van der Waals surface area contributed by atoms with Crippen molar-refractivity contribution < 1.29 is 13.6 Å². The highest BCUT2D eigenvalue weighted by Crippen LogP contribution is 2.26. The third-order valence-corrected chi connectivity index (χ3v) is 6.54. The molecular formula is C27H42ClF2N5O. The Kier molecular flexibility index (Phi) is 10.5. The summed E-state index contributed by atoms with van der Waals surface area (Å²) in [5, 5.41) is 9.89. The van der Waals surface area contributed by atoms with Crippen LogP contribution in [0, 0.1) is 17.0 Å². The molecule has 1 aromatic heterocycles. The van der Waals surface area contributed by atoms with Gasteiger partial charge < -0.3 is 20.5 Å². The van der Waals surface area contributed by atoms with E-state index in [1.54, 1.807) is 6.33 Å². The van der Waals surface area contributed by atoms with Crippen LogP contribution in [0.2, 0.25) is 0 Å². The van der Waals surface area contributed by atoms with Gasteiger partial charge >= 0.3 is 0 Å². The number of halogens is 3. The first-order chi connectivity index (χ1) is 16.4. The predicted molar refractivity (Wildman–Crippen MR) is 144 cm³/mol. The molecule has 1 aliphatic carbocycles. The Morgan fingerprint density at radius 1 is 1.19 bits per heavy atom. The maximum Gasteiger partial charge on any atom is 0.242 e. The number of nitrogens with zero attached hydrogens (tertiary/aromatic N) is 2. The molecule has 1 aromatic carbocycles. The number of benzene rings is 1. The summed E-state index contributed by atoms with van der Waals surface area (Å²) in [5.41, 5.74) is 1.27. The molecule has 0 unspecified atom stereocenters. The van der Waals surface area contributed by atoms with E-state index >= 15 is 0 Å². The standard InChI is InChI=1S/C27H41F2N5O.ClH/c1-7-8-23(32-20-10-9-18-11-19(28)12-22(29)21(18)13-20)25(35)33-24-14-34(17-31-24)27(5,6)16-30-15-26(2,3)4;/h11-12,14,17,20,23,30,32H,7-10,13,15-16H2,1-6H3,(H,33,35);1H/t20-,23-;/m0./s1. The summed E-state index contributed by atoms with van der Waals surface area (Å²) in [6, 6.07) is 1.90. The first-order valence-electron chi connectivity index (χ1n) is 12.7. The Hall–Kier alpha value is -2.03. The highest BCUT2D eigenvalue weighted by molar-refractivity contribution is 5.94. The molecule has 0 saturated carbocycles. The molecule has 1 aliphatic rings. The monoisotopic (exact) mass is 525 g/mol. The van der Waals surface area contributed by atoms with E-state index in [1.165, 1.54) is 6.07 Å². The van der Waals surface area contributed by atoms with E-state index in [4.69, 9.17) is 0 Å². The van der Waals surface area contributed by atoms with Crippen molar-refractivity contribution in [1.82, 2.24) is 20.2 Å². The van der Waals surface area contributed by atoms with Crippen LogP contribution >= 0.6 is 12.4 Å². The number of imidazole rings is 1. The lowest BCUT2D eigenvalue weighted by molar-refractivity contribution is -0.118. The van der Waals surface area contributed by atoms with Crippen molar-refractivity contribution in [2.75, 3.05) is 18.4 Å². The summed E-state index contributed by atoms with van der Waals surface area (Å²) in [7, 11) is 0. The van der Waals surface area contributed by atoms with Crippen LogP contribution in [-0.4, -0.2) is 40.6 Å². The van der Waals surface area contributed by atoms with E-state index in [-0.39, 0.29) is 35.3 Å². The number of aromatic nitrogens is 2. The molecule has 0 fully saturated rings. The fourth-order valence-corrected chi connectivity index (χ4v) is 4.56. The molecule has 9 heteroatoms. The summed E-state index contributed by atoms with van der Waals surface area (Å²) >= 11 is 0. The zero-order valence-corrected chi connectivity index (χ0v) is 23.2. The molecule has 0 aliphatic heterocycles. The second-order valence-corrected chi connectivity index (χ2v) is 11.6. The van der Waals surface area contributed by atoms with Gasteiger partial charge in [-0.1, -0.05) is 34.1 Å². The number of fused-ring (bicyclic) bond motifs is 1. The SMILES string of the molecule is CCC[C@H](N[C@H]1CCc2cc(F)cc(F)c2C1)C(=O)Nc1cn(C(C)(C)CNCC(C)(C)C)cn1.Cl. The van der Waals surface area contributed by atoms with E-state index in [9.17, 15) is 13.6 Å². The second kappa shape index (κ2) is 12.5. The number of hydrogen-bond acceptors (Lipinski definition) is 4. The van der Waals surface area contributed by atoms with Gasteiger partial charge in [0, 0.05) is 31.4 Å². The Bertz CT molecular complexity index is 1020. The van der Waals surface area contributed by atoms with Gasteiger partial charge in [-0.3, -0.25) is 4.79 Å². The molecule has 1 amide bonds. The van der Waals surface area contributed by atoms with Crippen molar-refractivity contribution in [2.45, 2.75) is 91.3 Å². The van der Waals surface area contributed by atoms with Crippen molar-refractivity contribution in [3.05, 3.63) is 47.4 Å². The van der Waals surface area contributed by atoms with Gasteiger partial charge in [0.25, 0.3) is 0 Å². The highest BCUT2D eigenvalue weighted by Gasteiger charge is 2.28. The van der Waals surface area contributed by atoms with Crippen LogP contribution in [0.1, 0.15) is 71.9 Å². The number of rotatable bonds is 10. The highest BCUT2D eigenvalue weighted by atomic mass is 35.5. The molecule has 202 valence electrons. The average Bonchev–Trinajstić information content (AvgIpc) is 3.22. The van der Waals surface area contributed by atoms with Crippen molar-refractivity contribution >= 4 is 24.1 Å². The van der Waals surface area contributed by atoms with Gasteiger partial charge in [0.1, 0.15) is 11.6 Å². The van der Waals surface area contributed by atoms with Crippen molar-refractivity contribution in [1.29, 1.82) is 0 Å². The van der Waals surface area contributed by atoms with Gasteiger partial charge in [-0.2, -0.15) is 0 Å².